The van der Waals surface area contributed by atoms with Crippen LogP contribution >= 0.6 is 0 Å². The van der Waals surface area contributed by atoms with Gasteiger partial charge in [-0.3, -0.25) is 4.98 Å². The lowest BCUT2D eigenvalue weighted by Gasteiger charge is -2.25. The number of hydrogen-bond acceptors (Lipinski definition) is 2. The van der Waals surface area contributed by atoms with Gasteiger partial charge in [0.1, 0.15) is 11.4 Å². The number of halogens is 1. The summed E-state index contributed by atoms with van der Waals surface area (Å²) in [6.07, 6.45) is 3.58. The van der Waals surface area contributed by atoms with Crippen LogP contribution in [-0.2, 0) is 12.0 Å². The summed E-state index contributed by atoms with van der Waals surface area (Å²) >= 11 is 0. The number of aromatic nitrogens is 1. The molecule has 2 aromatic rings. The average Bonchev–Trinajstić information content (AvgIpc) is 2.38. The van der Waals surface area contributed by atoms with Gasteiger partial charge in [-0.25, -0.2) is 4.39 Å². The van der Waals surface area contributed by atoms with Crippen molar-refractivity contribution in [3.63, 3.8) is 0 Å². The highest BCUT2D eigenvalue weighted by atomic mass is 19.1. The van der Waals surface area contributed by atoms with Crippen LogP contribution in [0.5, 0.6) is 0 Å². The maximum absolute atomic E-state index is 13.3. The summed E-state index contributed by atoms with van der Waals surface area (Å²) in [5, 5.41) is 10.7. The van der Waals surface area contributed by atoms with Gasteiger partial charge >= 0.3 is 0 Å². The largest absolute Gasteiger partial charge is 0.381 e. The summed E-state index contributed by atoms with van der Waals surface area (Å²) in [7, 11) is 0. The molecule has 0 aliphatic carbocycles. The highest BCUT2D eigenvalue weighted by Gasteiger charge is 2.26. The first-order chi connectivity index (χ1) is 9.39. The van der Waals surface area contributed by atoms with E-state index in [1.807, 2.05) is 24.3 Å². The zero-order valence-electron chi connectivity index (χ0n) is 12.1. The van der Waals surface area contributed by atoms with Crippen LogP contribution in [0, 0.1) is 11.7 Å². The van der Waals surface area contributed by atoms with Crippen molar-refractivity contribution in [3.05, 3.63) is 65.2 Å². The van der Waals surface area contributed by atoms with Gasteiger partial charge in [0, 0.05) is 11.8 Å². The molecule has 1 unspecified atom stereocenters. The standard InChI is InChI=1S/C17H20FNO/c1-12(2)7-13-5-4-6-14(8-13)17(3,20)15-9-16(18)11-19-10-15/h4-6,8-12,20H,7H2,1-3H3. The Kier molecular flexibility index (Phi) is 4.19. The molecule has 0 amide bonds. The third kappa shape index (κ3) is 3.23. The summed E-state index contributed by atoms with van der Waals surface area (Å²) in [6.45, 7) is 5.97. The molecule has 1 heterocycles. The minimum absolute atomic E-state index is 0.443. The molecule has 106 valence electrons. The first kappa shape index (κ1) is 14.7. The Morgan fingerprint density at radius 2 is 1.95 bits per heavy atom. The van der Waals surface area contributed by atoms with Crippen LogP contribution < -0.4 is 0 Å². The normalized spacial score (nSPS) is 14.3. The lowest BCUT2D eigenvalue weighted by atomic mass is 9.87. The van der Waals surface area contributed by atoms with E-state index in [0.717, 1.165) is 18.2 Å². The molecule has 1 aromatic carbocycles. The second kappa shape index (κ2) is 5.71. The molecule has 1 aromatic heterocycles. The molecule has 0 spiro atoms. The fourth-order valence-corrected chi connectivity index (χ4v) is 2.32. The number of benzene rings is 1. The highest BCUT2D eigenvalue weighted by Crippen LogP contribution is 2.29. The van der Waals surface area contributed by atoms with Crippen LogP contribution in [-0.4, -0.2) is 10.1 Å². The molecule has 3 heteroatoms. The number of aliphatic hydroxyl groups is 1. The summed E-state index contributed by atoms with van der Waals surface area (Å²) in [6, 6.07) is 9.12. The topological polar surface area (TPSA) is 33.1 Å². The van der Waals surface area contributed by atoms with Gasteiger partial charge in [-0.15, -0.1) is 0 Å². The molecule has 0 fully saturated rings. The van der Waals surface area contributed by atoms with Crippen molar-refractivity contribution < 1.29 is 9.50 Å². The highest BCUT2D eigenvalue weighted by molar-refractivity contribution is 5.36. The second-order valence-corrected chi connectivity index (χ2v) is 5.76. The molecule has 0 saturated heterocycles. The van der Waals surface area contributed by atoms with Gasteiger partial charge in [0.2, 0.25) is 0 Å². The lowest BCUT2D eigenvalue weighted by molar-refractivity contribution is 0.101. The van der Waals surface area contributed by atoms with Crippen LogP contribution in [0.3, 0.4) is 0 Å². The third-order valence-corrected chi connectivity index (χ3v) is 3.40. The van der Waals surface area contributed by atoms with E-state index < -0.39 is 11.4 Å². The van der Waals surface area contributed by atoms with Crippen LogP contribution in [0.1, 0.15) is 37.5 Å². The summed E-state index contributed by atoms with van der Waals surface area (Å²) in [5.74, 6) is 0.104. The SMILES string of the molecule is CC(C)Cc1cccc(C(C)(O)c2cncc(F)c2)c1. The van der Waals surface area contributed by atoms with Gasteiger partial charge < -0.3 is 5.11 Å². The van der Waals surface area contributed by atoms with E-state index in [2.05, 4.69) is 18.8 Å². The van der Waals surface area contributed by atoms with E-state index in [0.29, 0.717) is 11.5 Å². The van der Waals surface area contributed by atoms with E-state index in [1.165, 1.54) is 17.8 Å². The first-order valence-electron chi connectivity index (χ1n) is 6.82. The van der Waals surface area contributed by atoms with E-state index in [9.17, 15) is 9.50 Å². The number of hydrogen-bond donors (Lipinski definition) is 1. The number of rotatable bonds is 4. The molecule has 1 atom stereocenters. The molecule has 0 aliphatic rings. The van der Waals surface area contributed by atoms with Gasteiger partial charge in [0.05, 0.1) is 6.20 Å². The van der Waals surface area contributed by atoms with Crippen molar-refractivity contribution in [2.24, 2.45) is 5.92 Å². The van der Waals surface area contributed by atoms with Crippen LogP contribution in [0.4, 0.5) is 4.39 Å². The lowest BCUT2D eigenvalue weighted by Crippen LogP contribution is -2.23. The molecule has 0 aliphatic heterocycles. The van der Waals surface area contributed by atoms with Crippen molar-refractivity contribution in [2.75, 3.05) is 0 Å². The second-order valence-electron chi connectivity index (χ2n) is 5.76. The quantitative estimate of drug-likeness (QED) is 0.922. The zero-order valence-corrected chi connectivity index (χ0v) is 12.1. The Morgan fingerprint density at radius 3 is 2.60 bits per heavy atom. The van der Waals surface area contributed by atoms with Crippen molar-refractivity contribution >= 4 is 0 Å². The average molecular weight is 273 g/mol. The molecule has 0 bridgehead atoms. The summed E-state index contributed by atoms with van der Waals surface area (Å²) < 4.78 is 13.3. The van der Waals surface area contributed by atoms with E-state index in [1.54, 1.807) is 6.92 Å². The smallest absolute Gasteiger partial charge is 0.141 e. The van der Waals surface area contributed by atoms with Crippen LogP contribution in [0.2, 0.25) is 0 Å². The third-order valence-electron chi connectivity index (χ3n) is 3.40. The Hall–Kier alpha value is -1.74. The fourth-order valence-electron chi connectivity index (χ4n) is 2.32. The maximum Gasteiger partial charge on any atom is 0.141 e. The monoisotopic (exact) mass is 273 g/mol. The van der Waals surface area contributed by atoms with Gasteiger partial charge in [0.25, 0.3) is 0 Å². The molecule has 20 heavy (non-hydrogen) atoms. The van der Waals surface area contributed by atoms with Crippen molar-refractivity contribution in [1.29, 1.82) is 0 Å². The van der Waals surface area contributed by atoms with Crippen molar-refractivity contribution in [3.8, 4) is 0 Å². The van der Waals surface area contributed by atoms with Crippen LogP contribution in [0.15, 0.2) is 42.7 Å². The van der Waals surface area contributed by atoms with Crippen molar-refractivity contribution in [2.45, 2.75) is 32.8 Å². The summed E-state index contributed by atoms with van der Waals surface area (Å²) in [5.41, 5.74) is 1.13. The Labute approximate surface area is 119 Å². The van der Waals surface area contributed by atoms with Gasteiger partial charge in [-0.2, -0.15) is 0 Å². The number of pyridine rings is 1. The Balaban J connectivity index is 2.38. The predicted octanol–water partition coefficient (Wildman–Crippen LogP) is 3.68. The van der Waals surface area contributed by atoms with E-state index in [4.69, 9.17) is 0 Å². The van der Waals surface area contributed by atoms with Crippen LogP contribution in [0.25, 0.3) is 0 Å². The predicted molar refractivity (Wildman–Crippen MR) is 77.9 cm³/mol. The molecule has 0 radical (unpaired) electrons. The molecule has 2 nitrogen and oxygen atoms in total. The Morgan fingerprint density at radius 1 is 1.20 bits per heavy atom. The minimum atomic E-state index is -1.25. The van der Waals surface area contributed by atoms with E-state index in [-0.39, 0.29) is 0 Å². The molecule has 1 N–H and O–H groups in total. The zero-order chi connectivity index (χ0) is 14.8. The molecular weight excluding hydrogens is 253 g/mol. The Bertz CT molecular complexity index is 593. The maximum atomic E-state index is 13.3. The summed E-state index contributed by atoms with van der Waals surface area (Å²) in [4.78, 5) is 3.81. The van der Waals surface area contributed by atoms with Gasteiger partial charge in [-0.05, 0) is 36.5 Å². The van der Waals surface area contributed by atoms with Gasteiger partial charge in [-0.1, -0.05) is 38.1 Å². The molecule has 2 rings (SSSR count). The number of nitrogens with zero attached hydrogens (tertiary/aromatic N) is 1. The minimum Gasteiger partial charge on any atom is -0.381 e. The molecular formula is C17H20FNO. The van der Waals surface area contributed by atoms with E-state index >= 15 is 0 Å². The fraction of sp³-hybridized carbons (Fsp3) is 0.353. The first-order valence-corrected chi connectivity index (χ1v) is 6.82. The molecule has 0 saturated carbocycles. The van der Waals surface area contributed by atoms with Crippen molar-refractivity contribution in [1.82, 2.24) is 4.98 Å². The van der Waals surface area contributed by atoms with Gasteiger partial charge in [0.15, 0.2) is 0 Å².